The van der Waals surface area contributed by atoms with E-state index in [9.17, 15) is 0 Å². The summed E-state index contributed by atoms with van der Waals surface area (Å²) in [5, 5.41) is 5.17. The van der Waals surface area contributed by atoms with Crippen LogP contribution in [0.4, 0.5) is 0 Å². The third kappa shape index (κ3) is 2.50. The van der Waals surface area contributed by atoms with E-state index >= 15 is 0 Å². The lowest BCUT2D eigenvalue weighted by molar-refractivity contribution is 0.483. The maximum Gasteiger partial charge on any atom is 0.184 e. The zero-order valence-electron chi connectivity index (χ0n) is 10.3. The molecule has 0 fully saturated rings. The molecule has 0 N–H and O–H groups in total. The Labute approximate surface area is 126 Å². The minimum Gasteiger partial charge on any atom is -0.452 e. The molecule has 0 unspecified atom stereocenters. The van der Waals surface area contributed by atoms with Crippen LogP contribution in [0.25, 0.3) is 5.69 Å². The van der Waals surface area contributed by atoms with Crippen molar-refractivity contribution >= 4 is 23.2 Å². The molecule has 3 aromatic rings. The standard InChI is InChI=1S/C15H10Cl2N2O/c16-12-8-4-5-9-13(12)19-15(17)14(10-18-19)20-11-6-2-1-3-7-11/h1-10H. The molecule has 100 valence electrons. The predicted molar refractivity (Wildman–Crippen MR) is 80.1 cm³/mol. The summed E-state index contributed by atoms with van der Waals surface area (Å²) in [6.07, 6.45) is 1.57. The molecule has 3 rings (SSSR count). The van der Waals surface area contributed by atoms with Gasteiger partial charge in [-0.25, -0.2) is 4.68 Å². The smallest absolute Gasteiger partial charge is 0.184 e. The summed E-state index contributed by atoms with van der Waals surface area (Å²) in [4.78, 5) is 0. The maximum absolute atomic E-state index is 6.30. The van der Waals surface area contributed by atoms with Gasteiger partial charge in [0, 0.05) is 0 Å². The molecule has 0 spiro atoms. The summed E-state index contributed by atoms with van der Waals surface area (Å²) in [6.45, 7) is 0. The van der Waals surface area contributed by atoms with E-state index in [4.69, 9.17) is 27.9 Å². The number of nitrogens with zero attached hydrogens (tertiary/aromatic N) is 2. The Bertz CT molecular complexity index is 726. The van der Waals surface area contributed by atoms with Crippen molar-refractivity contribution in [3.8, 4) is 17.2 Å². The van der Waals surface area contributed by atoms with E-state index in [0.717, 1.165) is 0 Å². The van der Waals surface area contributed by atoms with E-state index in [1.807, 2.05) is 48.5 Å². The van der Waals surface area contributed by atoms with Crippen molar-refractivity contribution in [3.63, 3.8) is 0 Å². The van der Waals surface area contributed by atoms with Crippen molar-refractivity contribution in [2.45, 2.75) is 0 Å². The minimum absolute atomic E-state index is 0.377. The number of halogens is 2. The van der Waals surface area contributed by atoms with Crippen LogP contribution in [0.15, 0.2) is 60.8 Å². The second-order valence-corrected chi connectivity index (χ2v) is 4.84. The third-order valence-electron chi connectivity index (χ3n) is 2.73. The van der Waals surface area contributed by atoms with Gasteiger partial charge in [-0.3, -0.25) is 0 Å². The molecule has 20 heavy (non-hydrogen) atoms. The first-order valence-electron chi connectivity index (χ1n) is 5.97. The number of rotatable bonds is 3. The van der Waals surface area contributed by atoms with Crippen molar-refractivity contribution in [2.24, 2.45) is 0 Å². The van der Waals surface area contributed by atoms with Gasteiger partial charge in [-0.15, -0.1) is 0 Å². The predicted octanol–water partition coefficient (Wildman–Crippen LogP) is 4.97. The molecule has 0 aliphatic heterocycles. The van der Waals surface area contributed by atoms with Crippen molar-refractivity contribution in [2.75, 3.05) is 0 Å². The Morgan fingerprint density at radius 1 is 0.900 bits per heavy atom. The minimum atomic E-state index is 0.377. The third-order valence-corrected chi connectivity index (χ3v) is 3.40. The highest BCUT2D eigenvalue weighted by Gasteiger charge is 2.13. The van der Waals surface area contributed by atoms with Gasteiger partial charge in [0.2, 0.25) is 0 Å². The van der Waals surface area contributed by atoms with Gasteiger partial charge < -0.3 is 4.74 Å². The SMILES string of the molecule is Clc1ccccc1-n1ncc(Oc2ccccc2)c1Cl. The number of benzene rings is 2. The Hall–Kier alpha value is -1.97. The average Bonchev–Trinajstić information content (AvgIpc) is 2.82. The molecule has 5 heteroatoms. The lowest BCUT2D eigenvalue weighted by atomic mass is 10.3. The van der Waals surface area contributed by atoms with Crippen molar-refractivity contribution in [1.29, 1.82) is 0 Å². The van der Waals surface area contributed by atoms with E-state index in [1.165, 1.54) is 0 Å². The molecular weight excluding hydrogens is 295 g/mol. The topological polar surface area (TPSA) is 27.1 Å². The zero-order chi connectivity index (χ0) is 13.9. The average molecular weight is 305 g/mol. The first-order valence-corrected chi connectivity index (χ1v) is 6.72. The Balaban J connectivity index is 1.95. The van der Waals surface area contributed by atoms with E-state index in [1.54, 1.807) is 16.9 Å². The molecular formula is C15H10Cl2N2O. The molecule has 0 aliphatic rings. The van der Waals surface area contributed by atoms with Crippen molar-refractivity contribution < 1.29 is 4.74 Å². The molecule has 0 bridgehead atoms. The van der Waals surface area contributed by atoms with Gasteiger partial charge in [0.1, 0.15) is 5.75 Å². The molecule has 0 radical (unpaired) electrons. The van der Waals surface area contributed by atoms with Crippen LogP contribution in [0, 0.1) is 0 Å². The van der Waals surface area contributed by atoms with Gasteiger partial charge in [0.05, 0.1) is 16.9 Å². The van der Waals surface area contributed by atoms with Gasteiger partial charge in [-0.05, 0) is 24.3 Å². The number of para-hydroxylation sites is 2. The largest absolute Gasteiger partial charge is 0.452 e. The lowest BCUT2D eigenvalue weighted by Gasteiger charge is -2.06. The molecule has 0 atom stereocenters. The molecule has 1 heterocycles. The van der Waals surface area contributed by atoms with E-state index in [-0.39, 0.29) is 0 Å². The first-order chi connectivity index (χ1) is 9.75. The number of hydrogen-bond acceptors (Lipinski definition) is 2. The van der Waals surface area contributed by atoms with E-state index in [0.29, 0.717) is 27.4 Å². The maximum atomic E-state index is 6.30. The molecule has 0 aliphatic carbocycles. The Kier molecular flexibility index (Phi) is 3.63. The molecule has 3 nitrogen and oxygen atoms in total. The van der Waals surface area contributed by atoms with Crippen LogP contribution < -0.4 is 4.74 Å². The first kappa shape index (κ1) is 13.0. The van der Waals surface area contributed by atoms with Gasteiger partial charge >= 0.3 is 0 Å². The van der Waals surface area contributed by atoms with Gasteiger partial charge in [0.25, 0.3) is 0 Å². The fourth-order valence-corrected chi connectivity index (χ4v) is 2.23. The number of hydrogen-bond donors (Lipinski definition) is 0. The van der Waals surface area contributed by atoms with Crippen LogP contribution in [-0.2, 0) is 0 Å². The highest BCUT2D eigenvalue weighted by molar-refractivity contribution is 6.33. The highest BCUT2D eigenvalue weighted by atomic mass is 35.5. The second kappa shape index (κ2) is 5.57. The van der Waals surface area contributed by atoms with E-state index < -0.39 is 0 Å². The van der Waals surface area contributed by atoms with Crippen LogP contribution in [0.5, 0.6) is 11.5 Å². The number of ether oxygens (including phenoxy) is 1. The Morgan fingerprint density at radius 2 is 1.60 bits per heavy atom. The summed E-state index contributed by atoms with van der Waals surface area (Å²) < 4.78 is 7.24. The molecule has 0 saturated carbocycles. The summed E-state index contributed by atoms with van der Waals surface area (Å²) in [5.74, 6) is 1.19. The molecule has 1 aromatic heterocycles. The van der Waals surface area contributed by atoms with Crippen LogP contribution in [0.3, 0.4) is 0 Å². The summed E-state index contributed by atoms with van der Waals surface area (Å²) in [7, 11) is 0. The van der Waals surface area contributed by atoms with Crippen molar-refractivity contribution in [3.05, 3.63) is 71.0 Å². The fraction of sp³-hybridized carbons (Fsp3) is 0. The van der Waals surface area contributed by atoms with Crippen LogP contribution >= 0.6 is 23.2 Å². The molecule has 0 amide bonds. The van der Waals surface area contributed by atoms with Gasteiger partial charge in [-0.1, -0.05) is 53.5 Å². The lowest BCUT2D eigenvalue weighted by Crippen LogP contribution is -1.96. The Morgan fingerprint density at radius 3 is 2.35 bits per heavy atom. The summed E-state index contributed by atoms with van der Waals surface area (Å²) in [6, 6.07) is 16.7. The second-order valence-electron chi connectivity index (χ2n) is 4.08. The number of aromatic nitrogens is 2. The normalized spacial score (nSPS) is 10.5. The molecule has 2 aromatic carbocycles. The highest BCUT2D eigenvalue weighted by Crippen LogP contribution is 2.32. The van der Waals surface area contributed by atoms with Crippen LogP contribution in [0.2, 0.25) is 10.2 Å². The van der Waals surface area contributed by atoms with Crippen molar-refractivity contribution in [1.82, 2.24) is 9.78 Å². The fourth-order valence-electron chi connectivity index (χ4n) is 1.79. The van der Waals surface area contributed by atoms with Crippen LogP contribution in [-0.4, -0.2) is 9.78 Å². The quantitative estimate of drug-likeness (QED) is 0.683. The summed E-state index contributed by atoms with van der Waals surface area (Å²) in [5.41, 5.74) is 0.710. The monoisotopic (exact) mass is 304 g/mol. The van der Waals surface area contributed by atoms with Gasteiger partial charge in [0.15, 0.2) is 10.9 Å². The zero-order valence-corrected chi connectivity index (χ0v) is 11.8. The van der Waals surface area contributed by atoms with E-state index in [2.05, 4.69) is 5.10 Å². The van der Waals surface area contributed by atoms with Crippen LogP contribution in [0.1, 0.15) is 0 Å². The van der Waals surface area contributed by atoms with Gasteiger partial charge in [-0.2, -0.15) is 5.10 Å². The molecule has 0 saturated heterocycles. The summed E-state index contributed by atoms with van der Waals surface area (Å²) >= 11 is 12.4.